The van der Waals surface area contributed by atoms with Crippen LogP contribution in [0.5, 0.6) is 11.5 Å². The molecule has 0 fully saturated rings. The van der Waals surface area contributed by atoms with Crippen molar-refractivity contribution in [3.05, 3.63) is 57.7 Å². The number of rotatable bonds is 7. The molecule has 0 aliphatic rings. The van der Waals surface area contributed by atoms with Crippen LogP contribution in [-0.4, -0.2) is 48.1 Å². The summed E-state index contributed by atoms with van der Waals surface area (Å²) in [7, 11) is 2.99. The topological polar surface area (TPSA) is 109 Å². The van der Waals surface area contributed by atoms with Gasteiger partial charge in [0.2, 0.25) is 0 Å². The van der Waals surface area contributed by atoms with Gasteiger partial charge in [-0.15, -0.1) is 5.06 Å². The second-order valence-corrected chi connectivity index (χ2v) is 8.37. The third kappa shape index (κ3) is 5.91. The number of hydrogen-bond donors (Lipinski definition) is 1. The van der Waals surface area contributed by atoms with Crippen molar-refractivity contribution in [1.82, 2.24) is 9.78 Å². The lowest BCUT2D eigenvalue weighted by molar-refractivity contribution is -0.199. The van der Waals surface area contributed by atoms with Gasteiger partial charge in [-0.25, -0.2) is 4.79 Å². The van der Waals surface area contributed by atoms with E-state index in [2.05, 4.69) is 25.9 Å². The van der Waals surface area contributed by atoms with Gasteiger partial charge in [-0.2, -0.15) is 18.3 Å². The quantitative estimate of drug-likeness (QED) is 0.403. The summed E-state index contributed by atoms with van der Waals surface area (Å²) < 4.78 is 51.7. The molecular weight excluding hydrogens is 573 g/mol. The Balaban J connectivity index is 2.15. The predicted octanol–water partition coefficient (Wildman–Crippen LogP) is 4.52. The van der Waals surface area contributed by atoms with Crippen LogP contribution >= 0.6 is 27.5 Å². The van der Waals surface area contributed by atoms with Crippen LogP contribution in [0.4, 0.5) is 18.9 Å². The maximum Gasteiger partial charge on any atom is 0.493 e. The maximum absolute atomic E-state index is 13.3. The van der Waals surface area contributed by atoms with Crippen LogP contribution in [-0.2, 0) is 16.7 Å². The number of nitrogens with zero attached hydrogens (tertiary/aromatic N) is 3. The van der Waals surface area contributed by atoms with E-state index in [1.165, 1.54) is 54.4 Å². The first kappa shape index (κ1) is 27.3. The number of anilines is 1. The number of halogens is 5. The van der Waals surface area contributed by atoms with Crippen molar-refractivity contribution in [2.24, 2.45) is 12.8 Å². The minimum Gasteiger partial charge on any atom is -0.496 e. The zero-order valence-corrected chi connectivity index (χ0v) is 21.1. The third-order valence-electron chi connectivity index (χ3n) is 4.71. The number of aryl methyl sites for hydroxylation is 1. The average molecular weight is 592 g/mol. The molecule has 1 amide bonds. The summed E-state index contributed by atoms with van der Waals surface area (Å²) in [5.41, 5.74) is 5.82. The van der Waals surface area contributed by atoms with Crippen LogP contribution < -0.4 is 20.3 Å². The SMILES string of the molecule is COc1ccc(C(=O)N(OC(=O)C(F)(F)F)c2ccc(OCCN)c(-c3c(Cl)cnn3C)c2)cc1Br. The lowest BCUT2D eigenvalue weighted by atomic mass is 10.1. The van der Waals surface area contributed by atoms with Gasteiger partial charge in [-0.3, -0.25) is 9.48 Å². The van der Waals surface area contributed by atoms with E-state index < -0.39 is 18.1 Å². The average Bonchev–Trinajstić information content (AvgIpc) is 3.17. The van der Waals surface area contributed by atoms with Gasteiger partial charge >= 0.3 is 12.1 Å². The Kier molecular flexibility index (Phi) is 8.48. The fourth-order valence-corrected chi connectivity index (χ4v) is 3.91. The molecule has 0 saturated carbocycles. The van der Waals surface area contributed by atoms with Crippen LogP contribution in [0.15, 0.2) is 47.1 Å². The highest BCUT2D eigenvalue weighted by Gasteiger charge is 2.44. The Labute approximate surface area is 216 Å². The van der Waals surface area contributed by atoms with Crippen LogP contribution in [0, 0.1) is 0 Å². The van der Waals surface area contributed by atoms with Crippen molar-refractivity contribution in [3.63, 3.8) is 0 Å². The smallest absolute Gasteiger partial charge is 0.493 e. The van der Waals surface area contributed by atoms with E-state index in [0.29, 0.717) is 15.9 Å². The van der Waals surface area contributed by atoms with Crippen molar-refractivity contribution < 1.29 is 37.1 Å². The molecule has 0 radical (unpaired) electrons. The molecule has 0 aliphatic carbocycles. The Bertz CT molecular complexity index is 1270. The normalized spacial score (nSPS) is 11.2. The number of methoxy groups -OCH3 is 1. The first-order valence-electron chi connectivity index (χ1n) is 10.1. The number of benzene rings is 2. The van der Waals surface area contributed by atoms with E-state index in [-0.39, 0.29) is 45.8 Å². The maximum atomic E-state index is 13.3. The molecule has 192 valence electrons. The zero-order valence-electron chi connectivity index (χ0n) is 18.8. The highest BCUT2D eigenvalue weighted by Crippen LogP contribution is 2.38. The van der Waals surface area contributed by atoms with Crippen molar-refractivity contribution >= 4 is 45.1 Å². The van der Waals surface area contributed by atoms with Crippen molar-refractivity contribution in [3.8, 4) is 22.8 Å². The predicted molar refractivity (Wildman–Crippen MR) is 128 cm³/mol. The molecule has 2 aromatic carbocycles. The highest BCUT2D eigenvalue weighted by atomic mass is 79.9. The van der Waals surface area contributed by atoms with E-state index in [4.69, 9.17) is 26.8 Å². The van der Waals surface area contributed by atoms with Crippen LogP contribution in [0.2, 0.25) is 5.02 Å². The molecule has 3 rings (SSSR count). The summed E-state index contributed by atoms with van der Waals surface area (Å²) in [6.45, 7) is 0.299. The van der Waals surface area contributed by atoms with Crippen LogP contribution in [0.25, 0.3) is 11.3 Å². The number of alkyl halides is 3. The molecule has 14 heteroatoms. The summed E-state index contributed by atoms with van der Waals surface area (Å²) in [5, 5.41) is 4.50. The van der Waals surface area contributed by atoms with Gasteiger partial charge in [-0.1, -0.05) is 11.6 Å². The molecule has 1 heterocycles. The molecule has 0 saturated heterocycles. The van der Waals surface area contributed by atoms with Gasteiger partial charge in [-0.05, 0) is 52.3 Å². The Hall–Kier alpha value is -3.29. The molecule has 0 aliphatic heterocycles. The standard InChI is InChI=1S/C22H19BrClF3N4O5/c1-30-19(16(24)11-29-30)14-10-13(4-6-17(14)35-8-7-28)31(36-21(33)22(25,26)27)20(32)12-3-5-18(34-2)15(23)9-12/h3-6,9-11H,7-8,28H2,1-2H3. The number of carbonyl (C=O) groups excluding carboxylic acids is 2. The summed E-state index contributed by atoms with van der Waals surface area (Å²) >= 11 is 9.49. The molecule has 9 nitrogen and oxygen atoms in total. The third-order valence-corrected chi connectivity index (χ3v) is 5.61. The molecule has 0 spiro atoms. The largest absolute Gasteiger partial charge is 0.496 e. The number of nitrogens with two attached hydrogens (primary N) is 1. The van der Waals surface area contributed by atoms with E-state index in [1.54, 1.807) is 7.05 Å². The second kappa shape index (κ2) is 11.2. The molecular formula is C22H19BrClF3N4O5. The van der Waals surface area contributed by atoms with Gasteiger partial charge in [0.05, 0.1) is 34.2 Å². The number of hydrogen-bond acceptors (Lipinski definition) is 7. The van der Waals surface area contributed by atoms with Crippen molar-refractivity contribution in [2.45, 2.75) is 6.18 Å². The fraction of sp³-hybridized carbons (Fsp3) is 0.227. The Morgan fingerprint density at radius 3 is 2.44 bits per heavy atom. The van der Waals surface area contributed by atoms with Crippen molar-refractivity contribution in [1.29, 1.82) is 0 Å². The van der Waals surface area contributed by atoms with Crippen LogP contribution in [0.3, 0.4) is 0 Å². The molecule has 2 N–H and O–H groups in total. The van der Waals surface area contributed by atoms with E-state index in [9.17, 15) is 22.8 Å². The van der Waals surface area contributed by atoms with Gasteiger partial charge in [0.1, 0.15) is 18.1 Å². The number of hydroxylamine groups is 1. The lowest BCUT2D eigenvalue weighted by Crippen LogP contribution is -2.38. The van der Waals surface area contributed by atoms with E-state index >= 15 is 0 Å². The van der Waals surface area contributed by atoms with E-state index in [0.717, 1.165) is 0 Å². The van der Waals surface area contributed by atoms with Gasteiger partial charge in [0.25, 0.3) is 5.91 Å². The van der Waals surface area contributed by atoms with Gasteiger partial charge < -0.3 is 20.0 Å². The zero-order chi connectivity index (χ0) is 26.6. The van der Waals surface area contributed by atoms with Gasteiger partial charge in [0.15, 0.2) is 0 Å². The first-order valence-corrected chi connectivity index (χ1v) is 11.3. The minimum atomic E-state index is -5.36. The summed E-state index contributed by atoms with van der Waals surface area (Å²) in [6, 6.07) is 7.96. The monoisotopic (exact) mass is 590 g/mol. The fourth-order valence-electron chi connectivity index (χ4n) is 3.10. The van der Waals surface area contributed by atoms with E-state index in [1.807, 2.05) is 0 Å². The lowest BCUT2D eigenvalue weighted by Gasteiger charge is -2.23. The second-order valence-electron chi connectivity index (χ2n) is 7.11. The van der Waals surface area contributed by atoms with Crippen LogP contribution in [0.1, 0.15) is 10.4 Å². The van der Waals surface area contributed by atoms with Gasteiger partial charge in [0, 0.05) is 24.7 Å². The number of ether oxygens (including phenoxy) is 2. The summed E-state index contributed by atoms with van der Waals surface area (Å²) in [4.78, 5) is 29.5. The molecule has 0 bridgehead atoms. The Morgan fingerprint density at radius 1 is 1.19 bits per heavy atom. The molecule has 3 aromatic rings. The molecule has 1 aromatic heterocycles. The molecule has 0 atom stereocenters. The summed E-state index contributed by atoms with van der Waals surface area (Å²) in [5.74, 6) is -3.02. The Morgan fingerprint density at radius 2 is 1.89 bits per heavy atom. The first-order chi connectivity index (χ1) is 17.0. The number of amides is 1. The summed E-state index contributed by atoms with van der Waals surface area (Å²) in [6.07, 6.45) is -4.00. The number of aromatic nitrogens is 2. The highest BCUT2D eigenvalue weighted by molar-refractivity contribution is 9.10. The number of carbonyl (C=O) groups is 2. The minimum absolute atomic E-state index is 0.0961. The van der Waals surface area contributed by atoms with Crippen molar-refractivity contribution in [2.75, 3.05) is 25.3 Å². The molecule has 0 unspecified atom stereocenters. The molecule has 36 heavy (non-hydrogen) atoms.